The number of hydrogen-bond acceptors (Lipinski definition) is 3. The van der Waals surface area contributed by atoms with E-state index in [1.54, 1.807) is 12.1 Å². The standard InChI is InChI=1S/C14H16BrF3N2O/c15-11-7-10(1-2-13(11)21-14(16,17)18)19-12-4-6-20-5-3-9(12)8-20/h1-2,7,9,12,19H,3-6,8H2. The van der Waals surface area contributed by atoms with Crippen molar-refractivity contribution in [3.63, 3.8) is 0 Å². The molecule has 3 nitrogen and oxygen atoms in total. The van der Waals surface area contributed by atoms with Crippen molar-refractivity contribution in [3.05, 3.63) is 22.7 Å². The highest BCUT2D eigenvalue weighted by Crippen LogP contribution is 2.34. The molecule has 1 N–H and O–H groups in total. The first-order valence-corrected chi connectivity index (χ1v) is 7.74. The average Bonchev–Trinajstić information content (AvgIpc) is 2.78. The van der Waals surface area contributed by atoms with Crippen molar-refractivity contribution in [2.24, 2.45) is 5.92 Å². The maximum atomic E-state index is 12.2. The van der Waals surface area contributed by atoms with Gasteiger partial charge in [0.2, 0.25) is 0 Å². The molecule has 2 fully saturated rings. The highest BCUT2D eigenvalue weighted by molar-refractivity contribution is 9.10. The summed E-state index contributed by atoms with van der Waals surface area (Å²) in [6.45, 7) is 3.36. The number of alkyl halides is 3. The summed E-state index contributed by atoms with van der Waals surface area (Å²) in [5.41, 5.74) is 0.821. The summed E-state index contributed by atoms with van der Waals surface area (Å²) in [6.07, 6.45) is -2.41. The van der Waals surface area contributed by atoms with Gasteiger partial charge in [0, 0.05) is 24.8 Å². The van der Waals surface area contributed by atoms with Gasteiger partial charge < -0.3 is 15.0 Å². The van der Waals surface area contributed by atoms with Gasteiger partial charge in [-0.2, -0.15) is 0 Å². The zero-order valence-corrected chi connectivity index (χ0v) is 12.9. The lowest BCUT2D eigenvalue weighted by molar-refractivity contribution is -0.274. The van der Waals surface area contributed by atoms with Gasteiger partial charge in [-0.15, -0.1) is 13.2 Å². The maximum Gasteiger partial charge on any atom is 0.573 e. The number of halogens is 4. The van der Waals surface area contributed by atoms with Crippen LogP contribution < -0.4 is 10.1 Å². The van der Waals surface area contributed by atoms with Gasteiger partial charge in [0.05, 0.1) is 4.47 Å². The van der Waals surface area contributed by atoms with Crippen LogP contribution in [0.3, 0.4) is 0 Å². The molecule has 3 rings (SSSR count). The summed E-state index contributed by atoms with van der Waals surface area (Å²) in [7, 11) is 0. The number of benzene rings is 1. The molecule has 116 valence electrons. The van der Waals surface area contributed by atoms with E-state index in [1.807, 2.05) is 0 Å². The predicted octanol–water partition coefficient (Wildman–Crippen LogP) is 3.85. The fourth-order valence-electron chi connectivity index (χ4n) is 3.15. The quantitative estimate of drug-likeness (QED) is 0.881. The second-order valence-electron chi connectivity index (χ2n) is 5.58. The first-order valence-electron chi connectivity index (χ1n) is 6.95. The number of piperidine rings is 1. The molecule has 2 aliphatic rings. The van der Waals surface area contributed by atoms with Crippen molar-refractivity contribution >= 4 is 21.6 Å². The molecule has 2 aliphatic heterocycles. The molecular weight excluding hydrogens is 349 g/mol. The second-order valence-corrected chi connectivity index (χ2v) is 6.44. The molecule has 1 aromatic carbocycles. The van der Waals surface area contributed by atoms with E-state index in [0.29, 0.717) is 16.4 Å². The summed E-state index contributed by atoms with van der Waals surface area (Å²) < 4.78 is 40.9. The number of hydrogen-bond donors (Lipinski definition) is 1. The molecule has 0 radical (unpaired) electrons. The molecule has 21 heavy (non-hydrogen) atoms. The fraction of sp³-hybridized carbons (Fsp3) is 0.571. The molecule has 2 bridgehead atoms. The summed E-state index contributed by atoms with van der Waals surface area (Å²) in [5.74, 6) is 0.410. The maximum absolute atomic E-state index is 12.2. The average molecular weight is 365 g/mol. The van der Waals surface area contributed by atoms with E-state index >= 15 is 0 Å². The Bertz CT molecular complexity index is 523. The van der Waals surface area contributed by atoms with Gasteiger partial charge >= 0.3 is 6.36 Å². The topological polar surface area (TPSA) is 24.5 Å². The lowest BCUT2D eigenvalue weighted by Gasteiger charge is -2.31. The SMILES string of the molecule is FC(F)(F)Oc1ccc(NC2CCN3CCC2C3)cc1Br. The predicted molar refractivity (Wildman–Crippen MR) is 77.4 cm³/mol. The van der Waals surface area contributed by atoms with Crippen molar-refractivity contribution in [2.45, 2.75) is 25.2 Å². The molecule has 0 spiro atoms. The highest BCUT2D eigenvalue weighted by Gasteiger charge is 2.34. The van der Waals surface area contributed by atoms with Crippen LogP contribution in [-0.2, 0) is 0 Å². The van der Waals surface area contributed by atoms with Gasteiger partial charge in [0.25, 0.3) is 0 Å². The molecule has 0 aliphatic carbocycles. The minimum Gasteiger partial charge on any atom is -0.405 e. The van der Waals surface area contributed by atoms with Gasteiger partial charge in [-0.05, 0) is 59.4 Å². The second kappa shape index (κ2) is 5.68. The van der Waals surface area contributed by atoms with Crippen LogP contribution >= 0.6 is 15.9 Å². The third-order valence-corrected chi connectivity index (χ3v) is 4.76. The summed E-state index contributed by atoms with van der Waals surface area (Å²) >= 11 is 3.13. The highest BCUT2D eigenvalue weighted by atomic mass is 79.9. The Labute approximate surface area is 129 Å². The zero-order valence-electron chi connectivity index (χ0n) is 11.3. The Morgan fingerprint density at radius 2 is 2.00 bits per heavy atom. The van der Waals surface area contributed by atoms with Gasteiger partial charge in [0.15, 0.2) is 0 Å². The molecular formula is C14H16BrF3N2O. The number of ether oxygens (including phenoxy) is 1. The van der Waals surface area contributed by atoms with Crippen LogP contribution in [0.1, 0.15) is 12.8 Å². The van der Waals surface area contributed by atoms with E-state index in [9.17, 15) is 13.2 Å². The van der Waals surface area contributed by atoms with E-state index in [2.05, 4.69) is 30.9 Å². The van der Waals surface area contributed by atoms with Gasteiger partial charge in [-0.3, -0.25) is 0 Å². The van der Waals surface area contributed by atoms with E-state index in [-0.39, 0.29) is 5.75 Å². The number of fused-ring (bicyclic) bond motifs is 2. The number of anilines is 1. The molecule has 0 saturated carbocycles. The van der Waals surface area contributed by atoms with E-state index in [1.165, 1.54) is 12.5 Å². The van der Waals surface area contributed by atoms with Crippen molar-refractivity contribution in [3.8, 4) is 5.75 Å². The molecule has 0 amide bonds. The van der Waals surface area contributed by atoms with Crippen LogP contribution in [0, 0.1) is 5.92 Å². The molecule has 0 aromatic heterocycles. The Balaban J connectivity index is 1.67. The third kappa shape index (κ3) is 3.63. The Morgan fingerprint density at radius 1 is 1.24 bits per heavy atom. The lowest BCUT2D eigenvalue weighted by Crippen LogP contribution is -2.39. The Kier molecular flexibility index (Phi) is 4.05. The summed E-state index contributed by atoms with van der Waals surface area (Å²) in [4.78, 5) is 2.46. The summed E-state index contributed by atoms with van der Waals surface area (Å²) in [5, 5.41) is 3.45. The van der Waals surface area contributed by atoms with E-state index < -0.39 is 6.36 Å². The fourth-order valence-corrected chi connectivity index (χ4v) is 3.61. The third-order valence-electron chi connectivity index (χ3n) is 4.14. The van der Waals surface area contributed by atoms with Gasteiger partial charge in [-0.25, -0.2) is 0 Å². The van der Waals surface area contributed by atoms with Crippen molar-refractivity contribution in [1.82, 2.24) is 4.90 Å². The number of nitrogens with one attached hydrogen (secondary N) is 1. The molecule has 7 heteroatoms. The Morgan fingerprint density at radius 3 is 2.71 bits per heavy atom. The van der Waals surface area contributed by atoms with Crippen LogP contribution in [0.25, 0.3) is 0 Å². The molecule has 3 unspecified atom stereocenters. The van der Waals surface area contributed by atoms with Crippen LogP contribution in [0.5, 0.6) is 5.75 Å². The molecule has 1 aromatic rings. The van der Waals surface area contributed by atoms with E-state index in [4.69, 9.17) is 0 Å². The first-order chi connectivity index (χ1) is 9.90. The molecule has 2 heterocycles. The van der Waals surface area contributed by atoms with Crippen LogP contribution in [0.4, 0.5) is 18.9 Å². The van der Waals surface area contributed by atoms with Gasteiger partial charge in [0.1, 0.15) is 5.75 Å². The monoisotopic (exact) mass is 364 g/mol. The normalized spacial score (nSPS) is 28.5. The van der Waals surface area contributed by atoms with E-state index in [0.717, 1.165) is 31.7 Å². The molecule has 2 saturated heterocycles. The summed E-state index contributed by atoms with van der Waals surface area (Å²) in [6, 6.07) is 5.00. The molecule has 3 atom stereocenters. The van der Waals surface area contributed by atoms with Crippen molar-refractivity contribution in [2.75, 3.05) is 25.0 Å². The smallest absolute Gasteiger partial charge is 0.405 e. The minimum atomic E-state index is -4.67. The number of rotatable bonds is 3. The zero-order chi connectivity index (χ0) is 15.0. The van der Waals surface area contributed by atoms with Gasteiger partial charge in [-0.1, -0.05) is 0 Å². The first kappa shape index (κ1) is 15.0. The lowest BCUT2D eigenvalue weighted by atomic mass is 9.94. The van der Waals surface area contributed by atoms with Crippen LogP contribution in [0.2, 0.25) is 0 Å². The van der Waals surface area contributed by atoms with Crippen molar-refractivity contribution in [1.29, 1.82) is 0 Å². The minimum absolute atomic E-state index is 0.219. The van der Waals surface area contributed by atoms with Crippen LogP contribution in [0.15, 0.2) is 22.7 Å². The number of nitrogens with zero attached hydrogens (tertiary/aromatic N) is 1. The Hall–Kier alpha value is -0.950. The largest absolute Gasteiger partial charge is 0.573 e. The van der Waals surface area contributed by atoms with Crippen LogP contribution in [-0.4, -0.2) is 36.9 Å². The van der Waals surface area contributed by atoms with Crippen molar-refractivity contribution < 1.29 is 17.9 Å².